The smallest absolute Gasteiger partial charge is 0.256 e. The normalized spacial score (nSPS) is 12.1. The Morgan fingerprint density at radius 1 is 1.24 bits per heavy atom. The number of hydrogen-bond acceptors (Lipinski definition) is 4. The van der Waals surface area contributed by atoms with Crippen LogP contribution in [0.3, 0.4) is 0 Å². The summed E-state index contributed by atoms with van der Waals surface area (Å²) in [7, 11) is 4.86. The average molecular weight is 294 g/mol. The van der Waals surface area contributed by atoms with Crippen LogP contribution in [0.2, 0.25) is 0 Å². The van der Waals surface area contributed by atoms with Crippen molar-refractivity contribution in [2.24, 2.45) is 5.92 Å². The third-order valence-corrected chi connectivity index (χ3v) is 3.60. The molecule has 0 aliphatic carbocycles. The van der Waals surface area contributed by atoms with Gasteiger partial charge in [-0.15, -0.1) is 0 Å². The maximum Gasteiger partial charge on any atom is 0.256 e. The van der Waals surface area contributed by atoms with Crippen molar-refractivity contribution in [3.8, 4) is 11.5 Å². The van der Waals surface area contributed by atoms with E-state index in [1.54, 1.807) is 31.2 Å². The van der Waals surface area contributed by atoms with Crippen LogP contribution in [0.25, 0.3) is 0 Å². The molecular formula is C16H26N2O3. The summed E-state index contributed by atoms with van der Waals surface area (Å²) in [5, 5.41) is 0. The van der Waals surface area contributed by atoms with Gasteiger partial charge in [0, 0.05) is 19.2 Å². The largest absolute Gasteiger partial charge is 0.497 e. The van der Waals surface area contributed by atoms with E-state index in [0.717, 1.165) is 6.42 Å². The minimum atomic E-state index is -0.127. The van der Waals surface area contributed by atoms with Gasteiger partial charge in [-0.2, -0.15) is 0 Å². The minimum absolute atomic E-state index is 0.127. The van der Waals surface area contributed by atoms with Gasteiger partial charge < -0.3 is 20.1 Å². The molecular weight excluding hydrogens is 268 g/mol. The van der Waals surface area contributed by atoms with Gasteiger partial charge in [0.2, 0.25) is 0 Å². The van der Waals surface area contributed by atoms with Crippen molar-refractivity contribution in [3.63, 3.8) is 0 Å². The van der Waals surface area contributed by atoms with E-state index in [1.807, 2.05) is 6.92 Å². The Labute approximate surface area is 127 Å². The summed E-state index contributed by atoms with van der Waals surface area (Å²) in [6.07, 6.45) is 0.934. The summed E-state index contributed by atoms with van der Waals surface area (Å²) in [6.45, 7) is 6.31. The number of amides is 1. The molecule has 1 atom stereocenters. The number of benzene rings is 1. The molecule has 21 heavy (non-hydrogen) atoms. The lowest BCUT2D eigenvalue weighted by Gasteiger charge is -2.27. The molecule has 0 aliphatic heterocycles. The zero-order valence-corrected chi connectivity index (χ0v) is 13.8. The molecule has 0 saturated carbocycles. The quantitative estimate of drug-likeness (QED) is 0.819. The second-order valence-corrected chi connectivity index (χ2v) is 5.69. The van der Waals surface area contributed by atoms with E-state index in [4.69, 9.17) is 15.2 Å². The first-order valence-corrected chi connectivity index (χ1v) is 7.10. The third-order valence-electron chi connectivity index (χ3n) is 3.60. The number of nitrogens with two attached hydrogens (primary N) is 1. The Kier molecular flexibility index (Phi) is 5.88. The van der Waals surface area contributed by atoms with E-state index >= 15 is 0 Å². The summed E-state index contributed by atoms with van der Waals surface area (Å²) < 4.78 is 10.4. The highest BCUT2D eigenvalue weighted by atomic mass is 16.5. The first-order chi connectivity index (χ1) is 9.81. The lowest BCUT2D eigenvalue weighted by atomic mass is 10.0. The van der Waals surface area contributed by atoms with Gasteiger partial charge >= 0.3 is 0 Å². The highest BCUT2D eigenvalue weighted by molar-refractivity contribution is 6.01. The molecule has 1 aromatic carbocycles. The number of anilines is 1. The molecule has 0 bridgehead atoms. The molecule has 0 spiro atoms. The number of nitrogen functional groups attached to an aromatic ring is 1. The molecule has 1 rings (SSSR count). The van der Waals surface area contributed by atoms with E-state index in [9.17, 15) is 4.79 Å². The fourth-order valence-corrected chi connectivity index (χ4v) is 2.30. The van der Waals surface area contributed by atoms with Gasteiger partial charge in [-0.3, -0.25) is 4.79 Å². The summed E-state index contributed by atoms with van der Waals surface area (Å²) in [5.41, 5.74) is 6.78. The van der Waals surface area contributed by atoms with Crippen LogP contribution in [0.1, 0.15) is 37.6 Å². The van der Waals surface area contributed by atoms with Crippen molar-refractivity contribution >= 4 is 11.6 Å². The van der Waals surface area contributed by atoms with Crippen molar-refractivity contribution < 1.29 is 14.3 Å². The number of rotatable bonds is 6. The maximum absolute atomic E-state index is 12.7. The van der Waals surface area contributed by atoms with Crippen LogP contribution in [-0.4, -0.2) is 38.1 Å². The summed E-state index contributed by atoms with van der Waals surface area (Å²) in [4.78, 5) is 14.4. The minimum Gasteiger partial charge on any atom is -0.497 e. The predicted molar refractivity (Wildman–Crippen MR) is 85.0 cm³/mol. The van der Waals surface area contributed by atoms with Gasteiger partial charge in [-0.25, -0.2) is 0 Å². The number of nitrogens with zero attached hydrogens (tertiary/aromatic N) is 1. The van der Waals surface area contributed by atoms with Gasteiger partial charge in [0.15, 0.2) is 0 Å². The molecule has 1 amide bonds. The van der Waals surface area contributed by atoms with Gasteiger partial charge in [0.1, 0.15) is 11.5 Å². The van der Waals surface area contributed by atoms with Crippen LogP contribution in [0.5, 0.6) is 11.5 Å². The van der Waals surface area contributed by atoms with Gasteiger partial charge in [-0.1, -0.05) is 13.8 Å². The molecule has 0 aliphatic rings. The first kappa shape index (κ1) is 17.1. The zero-order chi connectivity index (χ0) is 16.2. The van der Waals surface area contributed by atoms with Crippen LogP contribution in [0, 0.1) is 5.92 Å². The van der Waals surface area contributed by atoms with E-state index in [2.05, 4.69) is 13.8 Å². The number of carbonyl (C=O) groups is 1. The molecule has 5 heteroatoms. The molecule has 0 radical (unpaired) electrons. The van der Waals surface area contributed by atoms with E-state index in [-0.39, 0.29) is 11.9 Å². The molecule has 0 fully saturated rings. The highest BCUT2D eigenvalue weighted by Crippen LogP contribution is 2.32. The lowest BCUT2D eigenvalue weighted by Crippen LogP contribution is -2.36. The van der Waals surface area contributed by atoms with E-state index in [0.29, 0.717) is 28.7 Å². The average Bonchev–Trinajstić information content (AvgIpc) is 2.45. The van der Waals surface area contributed by atoms with Crippen LogP contribution in [-0.2, 0) is 0 Å². The Morgan fingerprint density at radius 2 is 1.86 bits per heavy atom. The standard InChI is InChI=1S/C16H26N2O3/c1-10(2)7-11(3)18(4)16(19)13-8-12(20-5)9-14(21-6)15(13)17/h8-11H,7,17H2,1-6H3. The molecule has 0 heterocycles. The first-order valence-electron chi connectivity index (χ1n) is 7.10. The number of hydrogen-bond donors (Lipinski definition) is 1. The second kappa shape index (κ2) is 7.20. The van der Waals surface area contributed by atoms with Crippen LogP contribution in [0.15, 0.2) is 12.1 Å². The Morgan fingerprint density at radius 3 is 2.33 bits per heavy atom. The molecule has 1 unspecified atom stereocenters. The Hall–Kier alpha value is -1.91. The number of ether oxygens (including phenoxy) is 2. The summed E-state index contributed by atoms with van der Waals surface area (Å²) >= 11 is 0. The topological polar surface area (TPSA) is 64.8 Å². The fraction of sp³-hybridized carbons (Fsp3) is 0.562. The molecule has 0 aromatic heterocycles. The molecule has 0 saturated heterocycles. The van der Waals surface area contributed by atoms with Gasteiger partial charge in [0.25, 0.3) is 5.91 Å². The zero-order valence-electron chi connectivity index (χ0n) is 13.8. The Balaban J connectivity index is 3.11. The van der Waals surface area contributed by atoms with E-state index < -0.39 is 0 Å². The van der Waals surface area contributed by atoms with Crippen molar-refractivity contribution in [2.75, 3.05) is 27.0 Å². The van der Waals surface area contributed by atoms with Crippen molar-refractivity contribution in [3.05, 3.63) is 17.7 Å². The highest BCUT2D eigenvalue weighted by Gasteiger charge is 2.22. The molecule has 118 valence electrons. The fourth-order valence-electron chi connectivity index (χ4n) is 2.30. The van der Waals surface area contributed by atoms with Gasteiger partial charge in [-0.05, 0) is 25.3 Å². The Bertz CT molecular complexity index is 501. The van der Waals surface area contributed by atoms with Crippen LogP contribution in [0.4, 0.5) is 5.69 Å². The SMILES string of the molecule is COc1cc(OC)c(N)c(C(=O)N(C)C(C)CC(C)C)c1. The molecule has 2 N–H and O–H groups in total. The second-order valence-electron chi connectivity index (χ2n) is 5.69. The third kappa shape index (κ3) is 4.03. The monoisotopic (exact) mass is 294 g/mol. The van der Waals surface area contributed by atoms with Crippen LogP contribution < -0.4 is 15.2 Å². The summed E-state index contributed by atoms with van der Waals surface area (Å²) in [6, 6.07) is 3.46. The van der Waals surface area contributed by atoms with Crippen LogP contribution >= 0.6 is 0 Å². The molecule has 1 aromatic rings. The number of carbonyl (C=O) groups excluding carboxylic acids is 1. The molecule has 5 nitrogen and oxygen atoms in total. The predicted octanol–water partition coefficient (Wildman–Crippen LogP) is 2.79. The summed E-state index contributed by atoms with van der Waals surface area (Å²) in [5.74, 6) is 1.39. The van der Waals surface area contributed by atoms with Crippen molar-refractivity contribution in [2.45, 2.75) is 33.2 Å². The number of methoxy groups -OCH3 is 2. The van der Waals surface area contributed by atoms with Crippen molar-refractivity contribution in [1.82, 2.24) is 4.90 Å². The van der Waals surface area contributed by atoms with Crippen molar-refractivity contribution in [1.29, 1.82) is 0 Å². The van der Waals surface area contributed by atoms with Gasteiger partial charge in [0.05, 0.1) is 25.5 Å². The lowest BCUT2D eigenvalue weighted by molar-refractivity contribution is 0.0728. The van der Waals surface area contributed by atoms with E-state index in [1.165, 1.54) is 7.11 Å². The maximum atomic E-state index is 12.7.